The van der Waals surface area contributed by atoms with Crippen molar-refractivity contribution in [2.75, 3.05) is 6.54 Å². The van der Waals surface area contributed by atoms with Crippen molar-refractivity contribution in [3.8, 4) is 0 Å². The van der Waals surface area contributed by atoms with Crippen LogP contribution in [0.5, 0.6) is 0 Å². The van der Waals surface area contributed by atoms with Gasteiger partial charge in [0.15, 0.2) is 0 Å². The molecule has 98 valence electrons. The molecule has 1 aliphatic rings. The van der Waals surface area contributed by atoms with Crippen LogP contribution in [0.25, 0.3) is 0 Å². The van der Waals surface area contributed by atoms with Gasteiger partial charge in [0, 0.05) is 34.1 Å². The number of hydrogen-bond acceptors (Lipinski definition) is 3. The van der Waals surface area contributed by atoms with Crippen LogP contribution in [-0.4, -0.2) is 28.4 Å². The van der Waals surface area contributed by atoms with Gasteiger partial charge in [0.05, 0.1) is 11.7 Å². The Labute approximate surface area is 123 Å². The van der Waals surface area contributed by atoms with Gasteiger partial charge in [0.2, 0.25) is 5.91 Å². The summed E-state index contributed by atoms with van der Waals surface area (Å²) in [5.41, 5.74) is 7.01. The standard InChI is InChI=1S/C12H15Br2N3O/c1-2-17-10(18)4-3-9(15)12(17)11-8(14)5-7(13)6-16-11/h5-6,9,12H,2-4,15H2,1H3. The summed E-state index contributed by atoms with van der Waals surface area (Å²) in [5.74, 6) is 0.154. The molecule has 1 amide bonds. The number of likely N-dealkylation sites (tertiary alicyclic amines) is 1. The lowest BCUT2D eigenvalue weighted by Gasteiger charge is -2.39. The van der Waals surface area contributed by atoms with Crippen LogP contribution in [0.4, 0.5) is 0 Å². The second-order valence-electron chi connectivity index (χ2n) is 4.35. The molecule has 1 fully saturated rings. The molecule has 0 aromatic carbocycles. The normalized spacial score (nSPS) is 24.4. The van der Waals surface area contributed by atoms with Crippen molar-refractivity contribution in [2.45, 2.75) is 31.8 Å². The fraction of sp³-hybridized carbons (Fsp3) is 0.500. The average molecular weight is 377 g/mol. The molecule has 2 heterocycles. The highest BCUT2D eigenvalue weighted by atomic mass is 79.9. The number of carbonyl (C=O) groups is 1. The van der Waals surface area contributed by atoms with Crippen molar-refractivity contribution < 1.29 is 4.79 Å². The van der Waals surface area contributed by atoms with E-state index in [1.807, 2.05) is 17.9 Å². The molecule has 4 nitrogen and oxygen atoms in total. The Morgan fingerprint density at radius 2 is 2.28 bits per heavy atom. The second-order valence-corrected chi connectivity index (χ2v) is 6.12. The summed E-state index contributed by atoms with van der Waals surface area (Å²) in [6.07, 6.45) is 2.98. The van der Waals surface area contributed by atoms with E-state index in [0.29, 0.717) is 19.4 Å². The van der Waals surface area contributed by atoms with Crippen molar-refractivity contribution in [1.82, 2.24) is 9.88 Å². The first-order valence-electron chi connectivity index (χ1n) is 5.90. The Hall–Kier alpha value is -0.460. The van der Waals surface area contributed by atoms with Crippen molar-refractivity contribution in [3.05, 3.63) is 26.9 Å². The molecule has 0 radical (unpaired) electrons. The monoisotopic (exact) mass is 375 g/mol. The van der Waals surface area contributed by atoms with Gasteiger partial charge in [-0.05, 0) is 51.3 Å². The highest BCUT2D eigenvalue weighted by molar-refractivity contribution is 9.11. The molecule has 2 atom stereocenters. The van der Waals surface area contributed by atoms with Crippen LogP contribution in [0.3, 0.4) is 0 Å². The second kappa shape index (κ2) is 5.67. The Morgan fingerprint density at radius 1 is 1.56 bits per heavy atom. The van der Waals surface area contributed by atoms with Gasteiger partial charge in [-0.15, -0.1) is 0 Å². The molecular weight excluding hydrogens is 362 g/mol. The van der Waals surface area contributed by atoms with Gasteiger partial charge in [-0.1, -0.05) is 0 Å². The number of carbonyl (C=O) groups excluding carboxylic acids is 1. The molecule has 2 N–H and O–H groups in total. The van der Waals surface area contributed by atoms with Crippen LogP contribution in [0, 0.1) is 0 Å². The van der Waals surface area contributed by atoms with E-state index in [9.17, 15) is 4.79 Å². The maximum absolute atomic E-state index is 12.0. The van der Waals surface area contributed by atoms with Crippen LogP contribution in [0.15, 0.2) is 21.2 Å². The first-order chi connectivity index (χ1) is 8.54. The van der Waals surface area contributed by atoms with Crippen molar-refractivity contribution >= 4 is 37.8 Å². The van der Waals surface area contributed by atoms with Crippen LogP contribution < -0.4 is 5.73 Å². The Bertz CT molecular complexity index is 467. The average Bonchev–Trinajstić information content (AvgIpc) is 2.33. The third-order valence-electron chi connectivity index (χ3n) is 3.21. The lowest BCUT2D eigenvalue weighted by molar-refractivity contribution is -0.137. The van der Waals surface area contributed by atoms with Gasteiger partial charge in [-0.2, -0.15) is 0 Å². The van der Waals surface area contributed by atoms with Gasteiger partial charge in [0.1, 0.15) is 0 Å². The van der Waals surface area contributed by atoms with Gasteiger partial charge < -0.3 is 10.6 Å². The Morgan fingerprint density at radius 3 is 2.89 bits per heavy atom. The van der Waals surface area contributed by atoms with Gasteiger partial charge in [0.25, 0.3) is 0 Å². The molecule has 2 unspecified atom stereocenters. The number of piperidine rings is 1. The number of hydrogen-bond donors (Lipinski definition) is 1. The quantitative estimate of drug-likeness (QED) is 0.862. The summed E-state index contributed by atoms with van der Waals surface area (Å²) >= 11 is 6.88. The minimum absolute atomic E-state index is 0.0624. The summed E-state index contributed by atoms with van der Waals surface area (Å²) in [4.78, 5) is 18.2. The number of aromatic nitrogens is 1. The number of nitrogens with zero attached hydrogens (tertiary/aromatic N) is 2. The molecule has 1 aromatic heterocycles. The molecule has 6 heteroatoms. The van der Waals surface area contributed by atoms with Gasteiger partial charge in [-0.25, -0.2) is 0 Å². The first-order valence-corrected chi connectivity index (χ1v) is 7.49. The molecule has 0 spiro atoms. The van der Waals surface area contributed by atoms with E-state index in [1.165, 1.54) is 0 Å². The molecule has 0 aliphatic carbocycles. The lowest BCUT2D eigenvalue weighted by atomic mass is 9.93. The highest BCUT2D eigenvalue weighted by Crippen LogP contribution is 2.34. The van der Waals surface area contributed by atoms with Crippen LogP contribution >= 0.6 is 31.9 Å². The smallest absolute Gasteiger partial charge is 0.223 e. The summed E-state index contributed by atoms with van der Waals surface area (Å²) < 4.78 is 1.78. The Balaban J connectivity index is 2.41. The van der Waals surface area contributed by atoms with E-state index in [-0.39, 0.29) is 18.0 Å². The predicted molar refractivity (Wildman–Crippen MR) is 77.0 cm³/mol. The van der Waals surface area contributed by atoms with Crippen LogP contribution in [-0.2, 0) is 4.79 Å². The molecule has 18 heavy (non-hydrogen) atoms. The fourth-order valence-electron chi connectivity index (χ4n) is 2.34. The topological polar surface area (TPSA) is 59.2 Å². The molecule has 0 bridgehead atoms. The fourth-order valence-corrected chi connectivity index (χ4v) is 3.57. The molecule has 0 saturated carbocycles. The maximum Gasteiger partial charge on any atom is 0.223 e. The molecule has 1 saturated heterocycles. The zero-order chi connectivity index (χ0) is 13.3. The number of likely N-dealkylation sites (N-methyl/N-ethyl adjacent to an activating group) is 1. The summed E-state index contributed by atoms with van der Waals surface area (Å²) in [7, 11) is 0. The summed E-state index contributed by atoms with van der Waals surface area (Å²) in [6.45, 7) is 2.62. The van der Waals surface area contributed by atoms with Crippen molar-refractivity contribution in [1.29, 1.82) is 0 Å². The van der Waals surface area contributed by atoms with E-state index in [0.717, 1.165) is 14.6 Å². The number of rotatable bonds is 2. The number of pyridine rings is 1. The zero-order valence-corrected chi connectivity index (χ0v) is 13.2. The highest BCUT2D eigenvalue weighted by Gasteiger charge is 2.35. The number of nitrogens with two attached hydrogens (primary N) is 1. The first kappa shape index (κ1) is 14.0. The van der Waals surface area contributed by atoms with Crippen molar-refractivity contribution in [2.24, 2.45) is 5.73 Å². The summed E-state index contributed by atoms with van der Waals surface area (Å²) in [5, 5.41) is 0. The third-order valence-corrected chi connectivity index (χ3v) is 4.28. The van der Waals surface area contributed by atoms with E-state index in [2.05, 4.69) is 36.8 Å². The zero-order valence-electron chi connectivity index (χ0n) is 10.1. The largest absolute Gasteiger partial charge is 0.333 e. The van der Waals surface area contributed by atoms with E-state index >= 15 is 0 Å². The minimum atomic E-state index is -0.140. The molecular formula is C12H15Br2N3O. The van der Waals surface area contributed by atoms with Gasteiger partial charge >= 0.3 is 0 Å². The molecule has 1 aliphatic heterocycles. The Kier molecular flexibility index (Phi) is 4.40. The number of halogens is 2. The predicted octanol–water partition coefficient (Wildman–Crippen LogP) is 2.62. The van der Waals surface area contributed by atoms with E-state index in [4.69, 9.17) is 5.73 Å². The van der Waals surface area contributed by atoms with E-state index in [1.54, 1.807) is 6.20 Å². The third kappa shape index (κ3) is 2.60. The van der Waals surface area contributed by atoms with Crippen LogP contribution in [0.2, 0.25) is 0 Å². The SMILES string of the molecule is CCN1C(=O)CCC(N)C1c1ncc(Br)cc1Br. The molecule has 1 aromatic rings. The maximum atomic E-state index is 12.0. The van der Waals surface area contributed by atoms with Crippen molar-refractivity contribution in [3.63, 3.8) is 0 Å². The summed E-state index contributed by atoms with van der Waals surface area (Å²) in [6, 6.07) is 1.73. The van der Waals surface area contributed by atoms with E-state index < -0.39 is 0 Å². The minimum Gasteiger partial charge on any atom is -0.333 e. The van der Waals surface area contributed by atoms with Gasteiger partial charge in [-0.3, -0.25) is 9.78 Å². The number of amides is 1. The van der Waals surface area contributed by atoms with Crippen LogP contribution in [0.1, 0.15) is 31.5 Å². The molecule has 2 rings (SSSR count). The lowest BCUT2D eigenvalue weighted by Crippen LogP contribution is -2.49.